The van der Waals surface area contributed by atoms with Crippen molar-refractivity contribution in [2.75, 3.05) is 6.54 Å². The molecule has 0 aliphatic carbocycles. The third-order valence-electron chi connectivity index (χ3n) is 3.21. The number of hydrogen-bond donors (Lipinski definition) is 1. The van der Waals surface area contributed by atoms with E-state index in [-0.39, 0.29) is 28.6 Å². The van der Waals surface area contributed by atoms with Crippen LogP contribution in [0.1, 0.15) is 12.8 Å². The lowest BCUT2D eigenvalue weighted by Crippen LogP contribution is -2.40. The molecule has 10 heteroatoms. The van der Waals surface area contributed by atoms with Crippen LogP contribution in [-0.2, 0) is 14.8 Å². The van der Waals surface area contributed by atoms with E-state index >= 15 is 0 Å². The van der Waals surface area contributed by atoms with Crippen LogP contribution in [-0.4, -0.2) is 43.0 Å². The van der Waals surface area contributed by atoms with Crippen LogP contribution in [0.3, 0.4) is 0 Å². The largest absolute Gasteiger partial charge is 0.480 e. The van der Waals surface area contributed by atoms with Gasteiger partial charge in [-0.25, -0.2) is 8.42 Å². The summed E-state index contributed by atoms with van der Waals surface area (Å²) < 4.78 is 54.2. The quantitative estimate of drug-likeness (QED) is 0.875. The molecule has 0 radical (unpaired) electrons. The molecule has 0 spiro atoms. The van der Waals surface area contributed by atoms with Crippen LogP contribution < -0.4 is 4.74 Å². The zero-order valence-electron chi connectivity index (χ0n) is 11.1. The molecule has 122 valence electrons. The summed E-state index contributed by atoms with van der Waals surface area (Å²) in [5, 5.41) is 8.76. The van der Waals surface area contributed by atoms with Crippen molar-refractivity contribution < 1.29 is 31.8 Å². The highest BCUT2D eigenvalue weighted by molar-refractivity contribution is 7.89. The van der Waals surface area contributed by atoms with Gasteiger partial charge in [-0.3, -0.25) is 4.79 Å². The summed E-state index contributed by atoms with van der Waals surface area (Å²) in [6, 6.07) is 1.88. The summed E-state index contributed by atoms with van der Waals surface area (Å²) in [7, 11) is -4.08. The summed E-state index contributed by atoms with van der Waals surface area (Å²) in [6.07, 6.45) is 0.644. The Bertz CT molecular complexity index is 682. The number of benzene rings is 1. The van der Waals surface area contributed by atoms with Crippen molar-refractivity contribution >= 4 is 27.6 Å². The minimum Gasteiger partial charge on any atom is -0.480 e. The number of alkyl halides is 2. The van der Waals surface area contributed by atoms with Gasteiger partial charge in [0.25, 0.3) is 0 Å². The SMILES string of the molecule is O=C(O)[C@@H]1CCCN1S(=O)(=O)c1ccc(OC(F)F)c(Cl)c1. The summed E-state index contributed by atoms with van der Waals surface area (Å²) in [5.41, 5.74) is 0. The number of aliphatic carboxylic acids is 1. The van der Waals surface area contributed by atoms with E-state index < -0.39 is 28.6 Å². The predicted octanol–water partition coefficient (Wildman–Crippen LogP) is 2.18. The zero-order chi connectivity index (χ0) is 16.5. The standard InChI is InChI=1S/C12H12ClF2NO5S/c13-8-6-7(3-4-10(8)21-12(14)15)22(19,20)16-5-1-2-9(16)11(17)18/h3-4,6,9,12H,1-2,5H2,(H,17,18)/t9-/m0/s1. The molecule has 0 aromatic heterocycles. The van der Waals surface area contributed by atoms with E-state index in [4.69, 9.17) is 16.7 Å². The third-order valence-corrected chi connectivity index (χ3v) is 5.41. The zero-order valence-corrected chi connectivity index (χ0v) is 12.7. The first-order valence-electron chi connectivity index (χ1n) is 6.22. The van der Waals surface area contributed by atoms with E-state index in [1.54, 1.807) is 0 Å². The first kappa shape index (κ1) is 16.9. The van der Waals surface area contributed by atoms with Gasteiger partial charge in [-0.05, 0) is 31.0 Å². The number of carbonyl (C=O) groups is 1. The third kappa shape index (κ3) is 3.31. The van der Waals surface area contributed by atoms with Crippen molar-refractivity contribution in [3.05, 3.63) is 23.2 Å². The average molecular weight is 356 g/mol. The Labute approximate surface area is 130 Å². The molecular formula is C12H12ClF2NO5S. The topological polar surface area (TPSA) is 83.9 Å². The van der Waals surface area contributed by atoms with Gasteiger partial charge >= 0.3 is 12.6 Å². The second kappa shape index (κ2) is 6.35. The fraction of sp³-hybridized carbons (Fsp3) is 0.417. The number of halogens is 3. The van der Waals surface area contributed by atoms with Crippen LogP contribution >= 0.6 is 11.6 Å². The molecule has 1 heterocycles. The number of rotatable bonds is 5. The molecule has 1 aromatic carbocycles. The first-order valence-corrected chi connectivity index (χ1v) is 8.04. The van der Waals surface area contributed by atoms with Crippen molar-refractivity contribution in [1.29, 1.82) is 0 Å². The Hall–Kier alpha value is -1.45. The minimum atomic E-state index is -4.08. The highest BCUT2D eigenvalue weighted by Gasteiger charge is 2.39. The van der Waals surface area contributed by atoms with Crippen molar-refractivity contribution in [1.82, 2.24) is 4.31 Å². The molecule has 6 nitrogen and oxygen atoms in total. The number of sulfonamides is 1. The molecule has 0 bridgehead atoms. The van der Waals surface area contributed by atoms with Crippen molar-refractivity contribution in [2.24, 2.45) is 0 Å². The predicted molar refractivity (Wildman–Crippen MR) is 72.6 cm³/mol. The van der Waals surface area contributed by atoms with E-state index in [9.17, 15) is 22.0 Å². The van der Waals surface area contributed by atoms with Gasteiger partial charge in [-0.15, -0.1) is 0 Å². The maximum absolute atomic E-state index is 12.5. The van der Waals surface area contributed by atoms with Crippen LogP contribution in [0, 0.1) is 0 Å². The van der Waals surface area contributed by atoms with E-state index in [1.165, 1.54) is 0 Å². The van der Waals surface area contributed by atoms with Crippen molar-refractivity contribution in [2.45, 2.75) is 30.4 Å². The van der Waals surface area contributed by atoms with Gasteiger partial charge in [0.15, 0.2) is 0 Å². The molecule has 1 N–H and O–H groups in total. The summed E-state index contributed by atoms with van der Waals surface area (Å²) in [5.74, 6) is -1.59. The molecule has 2 rings (SSSR count). The molecule has 1 atom stereocenters. The lowest BCUT2D eigenvalue weighted by Gasteiger charge is -2.21. The van der Waals surface area contributed by atoms with Crippen LogP contribution in [0.2, 0.25) is 5.02 Å². The van der Waals surface area contributed by atoms with Crippen LogP contribution in [0.15, 0.2) is 23.1 Å². The Kier molecular flexibility index (Phi) is 4.88. The molecular weight excluding hydrogens is 344 g/mol. The molecule has 1 fully saturated rings. The molecule has 1 aromatic rings. The Morgan fingerprint density at radius 3 is 2.68 bits per heavy atom. The number of carboxylic acid groups (broad SMARTS) is 1. The molecule has 0 amide bonds. The van der Waals surface area contributed by atoms with Crippen molar-refractivity contribution in [3.8, 4) is 5.75 Å². The van der Waals surface area contributed by atoms with E-state index in [0.29, 0.717) is 6.42 Å². The van der Waals surface area contributed by atoms with Gasteiger partial charge in [0.05, 0.1) is 9.92 Å². The van der Waals surface area contributed by atoms with Gasteiger partial charge in [-0.2, -0.15) is 13.1 Å². The van der Waals surface area contributed by atoms with Gasteiger partial charge in [-0.1, -0.05) is 11.6 Å². The molecule has 1 aliphatic heterocycles. The molecule has 1 aliphatic rings. The molecule has 1 saturated heterocycles. The minimum absolute atomic E-state index is 0.0756. The van der Waals surface area contributed by atoms with Gasteiger partial charge < -0.3 is 9.84 Å². The van der Waals surface area contributed by atoms with Gasteiger partial charge in [0.2, 0.25) is 10.0 Å². The number of hydrogen-bond acceptors (Lipinski definition) is 4. The molecule has 0 unspecified atom stereocenters. The van der Waals surface area contributed by atoms with Crippen molar-refractivity contribution in [3.63, 3.8) is 0 Å². The average Bonchev–Trinajstić information content (AvgIpc) is 2.90. The highest BCUT2D eigenvalue weighted by Crippen LogP contribution is 2.32. The Balaban J connectivity index is 2.34. The normalized spacial score (nSPS) is 19.5. The Morgan fingerprint density at radius 1 is 1.45 bits per heavy atom. The summed E-state index contributed by atoms with van der Waals surface area (Å²) in [4.78, 5) is 10.8. The highest BCUT2D eigenvalue weighted by atomic mass is 35.5. The fourth-order valence-electron chi connectivity index (χ4n) is 2.24. The van der Waals surface area contributed by atoms with Gasteiger partial charge in [0, 0.05) is 6.54 Å². The summed E-state index contributed by atoms with van der Waals surface area (Å²) in [6.45, 7) is -3.01. The van der Waals surface area contributed by atoms with E-state index in [2.05, 4.69) is 4.74 Å². The second-order valence-electron chi connectivity index (χ2n) is 4.58. The number of carboxylic acids is 1. The number of nitrogens with zero attached hydrogens (tertiary/aromatic N) is 1. The molecule has 0 saturated carbocycles. The monoisotopic (exact) mass is 355 g/mol. The van der Waals surface area contributed by atoms with Gasteiger partial charge in [0.1, 0.15) is 11.8 Å². The van der Waals surface area contributed by atoms with Crippen LogP contribution in [0.25, 0.3) is 0 Å². The van der Waals surface area contributed by atoms with Crippen LogP contribution in [0.5, 0.6) is 5.75 Å². The fourth-order valence-corrected chi connectivity index (χ4v) is 4.21. The summed E-state index contributed by atoms with van der Waals surface area (Å²) >= 11 is 5.73. The number of ether oxygens (including phenoxy) is 1. The smallest absolute Gasteiger partial charge is 0.387 e. The lowest BCUT2D eigenvalue weighted by molar-refractivity contribution is -0.140. The van der Waals surface area contributed by atoms with E-state index in [0.717, 1.165) is 22.5 Å². The second-order valence-corrected chi connectivity index (χ2v) is 6.88. The maximum Gasteiger partial charge on any atom is 0.387 e. The van der Waals surface area contributed by atoms with Crippen LogP contribution in [0.4, 0.5) is 8.78 Å². The van der Waals surface area contributed by atoms with E-state index in [1.807, 2.05) is 0 Å². The maximum atomic E-state index is 12.5. The molecule has 22 heavy (non-hydrogen) atoms. The first-order chi connectivity index (χ1) is 10.2. The Morgan fingerprint density at radius 2 is 2.14 bits per heavy atom. The lowest BCUT2D eigenvalue weighted by atomic mass is 10.2.